The van der Waals surface area contributed by atoms with Crippen molar-refractivity contribution >= 4 is 24.0 Å². The molecule has 2 N–H and O–H groups in total. The van der Waals surface area contributed by atoms with Gasteiger partial charge in [-0.15, -0.1) is 12.4 Å². The minimum atomic E-state index is 0. The van der Waals surface area contributed by atoms with Crippen molar-refractivity contribution in [2.45, 2.75) is 25.9 Å². The fourth-order valence-electron chi connectivity index (χ4n) is 2.07. The predicted molar refractivity (Wildman–Crippen MR) is 77.9 cm³/mol. The summed E-state index contributed by atoms with van der Waals surface area (Å²) in [6, 6.07) is 4.34. The lowest BCUT2D eigenvalue weighted by atomic mass is 10.1. The molecule has 0 saturated carbocycles. The number of likely N-dealkylation sites (N-methyl/N-ethyl adjacent to an activating group) is 1. The molecule has 1 aromatic rings. The van der Waals surface area contributed by atoms with Gasteiger partial charge >= 0.3 is 0 Å². The fourth-order valence-corrected chi connectivity index (χ4v) is 2.33. The van der Waals surface area contributed by atoms with E-state index >= 15 is 0 Å². The molecule has 0 amide bonds. The average molecular weight is 291 g/mol. The van der Waals surface area contributed by atoms with Gasteiger partial charge in [-0.25, -0.2) is 0 Å². The van der Waals surface area contributed by atoms with E-state index in [9.17, 15) is 0 Å². The quantitative estimate of drug-likeness (QED) is 0.926. The van der Waals surface area contributed by atoms with E-state index in [1.165, 1.54) is 5.56 Å². The molecule has 0 radical (unpaired) electrons. The molecule has 3 nitrogen and oxygen atoms in total. The van der Waals surface area contributed by atoms with Gasteiger partial charge in [0.15, 0.2) is 0 Å². The molecule has 0 aromatic heterocycles. The first-order chi connectivity index (χ1) is 8.11. The highest BCUT2D eigenvalue weighted by molar-refractivity contribution is 6.30. The van der Waals surface area contributed by atoms with Crippen LogP contribution in [0.2, 0.25) is 5.02 Å². The summed E-state index contributed by atoms with van der Waals surface area (Å²) in [7, 11) is 2.07. The Labute approximate surface area is 120 Å². The highest BCUT2D eigenvalue weighted by Crippen LogP contribution is 2.33. The van der Waals surface area contributed by atoms with Gasteiger partial charge in [-0.05, 0) is 31.7 Å². The van der Waals surface area contributed by atoms with Gasteiger partial charge < -0.3 is 10.5 Å². The first-order valence-electron chi connectivity index (χ1n) is 5.96. The van der Waals surface area contributed by atoms with Crippen molar-refractivity contribution in [3.05, 3.63) is 28.3 Å². The van der Waals surface area contributed by atoms with Gasteiger partial charge in [0, 0.05) is 36.1 Å². The summed E-state index contributed by atoms with van der Waals surface area (Å²) in [4.78, 5) is 2.22. The molecular weight excluding hydrogens is 271 g/mol. The van der Waals surface area contributed by atoms with Crippen LogP contribution in [-0.2, 0) is 13.0 Å². The molecule has 0 aliphatic carbocycles. The molecule has 0 bridgehead atoms. The van der Waals surface area contributed by atoms with Gasteiger partial charge in [0.05, 0.1) is 6.61 Å². The van der Waals surface area contributed by atoms with Crippen LogP contribution in [0.1, 0.15) is 18.1 Å². The number of hydrogen-bond donors (Lipinski definition) is 1. The van der Waals surface area contributed by atoms with Crippen LogP contribution in [0.25, 0.3) is 0 Å². The van der Waals surface area contributed by atoms with E-state index in [1.54, 1.807) is 0 Å². The van der Waals surface area contributed by atoms with Crippen molar-refractivity contribution in [1.82, 2.24) is 4.90 Å². The van der Waals surface area contributed by atoms with E-state index in [4.69, 9.17) is 22.1 Å². The van der Waals surface area contributed by atoms with E-state index in [-0.39, 0.29) is 12.4 Å². The number of benzene rings is 1. The molecule has 5 heteroatoms. The van der Waals surface area contributed by atoms with E-state index in [0.717, 1.165) is 35.9 Å². The zero-order valence-electron chi connectivity index (χ0n) is 10.8. The van der Waals surface area contributed by atoms with Gasteiger partial charge in [-0.1, -0.05) is 11.6 Å². The van der Waals surface area contributed by atoms with Crippen molar-refractivity contribution in [2.75, 3.05) is 20.2 Å². The van der Waals surface area contributed by atoms with Crippen LogP contribution in [0.4, 0.5) is 0 Å². The smallest absolute Gasteiger partial charge is 0.127 e. The molecule has 1 aromatic carbocycles. The van der Waals surface area contributed by atoms with Gasteiger partial charge in [-0.2, -0.15) is 0 Å². The summed E-state index contributed by atoms with van der Waals surface area (Å²) < 4.78 is 5.68. The molecule has 1 heterocycles. The molecular formula is C13H20Cl2N2O. The fraction of sp³-hybridized carbons (Fsp3) is 0.538. The zero-order chi connectivity index (χ0) is 12.4. The second-order valence-corrected chi connectivity index (χ2v) is 5.09. The number of halogens is 2. The Bertz CT molecular complexity index is 412. The lowest BCUT2D eigenvalue weighted by molar-refractivity contribution is 0.249. The monoisotopic (exact) mass is 290 g/mol. The van der Waals surface area contributed by atoms with Crippen LogP contribution in [-0.4, -0.2) is 31.1 Å². The van der Waals surface area contributed by atoms with Crippen molar-refractivity contribution in [3.63, 3.8) is 0 Å². The normalized spacial score (nSPS) is 14.9. The number of nitrogens with two attached hydrogens (primary N) is 1. The summed E-state index contributed by atoms with van der Waals surface area (Å²) in [6.45, 7) is 4.35. The Morgan fingerprint density at radius 2 is 2.22 bits per heavy atom. The van der Waals surface area contributed by atoms with Gasteiger partial charge in [0.1, 0.15) is 5.75 Å². The van der Waals surface area contributed by atoms with E-state index < -0.39 is 0 Å². The second kappa shape index (κ2) is 6.62. The summed E-state index contributed by atoms with van der Waals surface area (Å²) in [5, 5.41) is 0.790. The molecule has 2 rings (SSSR count). The molecule has 1 aliphatic heterocycles. The minimum absolute atomic E-state index is 0. The van der Waals surface area contributed by atoms with Crippen LogP contribution < -0.4 is 10.5 Å². The Morgan fingerprint density at radius 3 is 2.89 bits per heavy atom. The Balaban J connectivity index is 0.00000162. The second-order valence-electron chi connectivity index (χ2n) is 4.65. The lowest BCUT2D eigenvalue weighted by Crippen LogP contribution is -2.34. The first-order valence-corrected chi connectivity index (χ1v) is 6.34. The molecule has 0 fully saturated rings. The van der Waals surface area contributed by atoms with Crippen molar-refractivity contribution in [1.29, 1.82) is 0 Å². The van der Waals surface area contributed by atoms with Crippen LogP contribution >= 0.6 is 24.0 Å². The van der Waals surface area contributed by atoms with Crippen LogP contribution in [0, 0.1) is 0 Å². The number of fused-ring (bicyclic) bond motifs is 1. The third-order valence-electron chi connectivity index (χ3n) is 3.34. The maximum Gasteiger partial charge on any atom is 0.127 e. The van der Waals surface area contributed by atoms with Gasteiger partial charge in [0.25, 0.3) is 0 Å². The minimum Gasteiger partial charge on any atom is -0.493 e. The molecule has 1 aliphatic rings. The van der Waals surface area contributed by atoms with Gasteiger partial charge in [0.2, 0.25) is 0 Å². The van der Waals surface area contributed by atoms with Crippen LogP contribution in [0.15, 0.2) is 12.1 Å². The zero-order valence-corrected chi connectivity index (χ0v) is 12.4. The predicted octanol–water partition coefficient (Wildman–Crippen LogP) is 2.48. The van der Waals surface area contributed by atoms with E-state index in [1.807, 2.05) is 12.1 Å². The Kier molecular flexibility index (Phi) is 5.73. The Morgan fingerprint density at radius 1 is 1.50 bits per heavy atom. The standard InChI is InChI=1S/C13H19ClN2O.ClH/c1-9(7-15)16(2)8-11-6-12(14)5-10-3-4-17-13(10)11;/h5-6,9H,3-4,7-8,15H2,1-2H3;1H. The maximum absolute atomic E-state index is 6.13. The van der Waals surface area contributed by atoms with Crippen molar-refractivity contribution in [3.8, 4) is 5.75 Å². The van der Waals surface area contributed by atoms with Gasteiger partial charge in [-0.3, -0.25) is 4.90 Å². The summed E-state index contributed by atoms with van der Waals surface area (Å²) in [6.07, 6.45) is 0.957. The number of nitrogens with zero attached hydrogens (tertiary/aromatic N) is 1. The average Bonchev–Trinajstić information content (AvgIpc) is 2.75. The van der Waals surface area contributed by atoms with Crippen molar-refractivity contribution in [2.24, 2.45) is 5.73 Å². The summed E-state index contributed by atoms with van der Waals surface area (Å²) >= 11 is 6.13. The highest BCUT2D eigenvalue weighted by Gasteiger charge is 2.19. The van der Waals surface area contributed by atoms with Crippen LogP contribution in [0.5, 0.6) is 5.75 Å². The van der Waals surface area contributed by atoms with E-state index in [2.05, 4.69) is 18.9 Å². The maximum atomic E-state index is 6.13. The van der Waals surface area contributed by atoms with Crippen molar-refractivity contribution < 1.29 is 4.74 Å². The SMILES string of the molecule is CC(CN)N(C)Cc1cc(Cl)cc2c1OCC2.Cl. The molecule has 102 valence electrons. The summed E-state index contributed by atoms with van der Waals surface area (Å²) in [5.41, 5.74) is 8.05. The van der Waals surface area contributed by atoms with Crippen LogP contribution in [0.3, 0.4) is 0 Å². The largest absolute Gasteiger partial charge is 0.493 e. The summed E-state index contributed by atoms with van der Waals surface area (Å²) in [5.74, 6) is 1.02. The number of rotatable bonds is 4. The Hall–Kier alpha value is -0.480. The van der Waals surface area contributed by atoms with E-state index in [0.29, 0.717) is 12.6 Å². The number of hydrogen-bond acceptors (Lipinski definition) is 3. The topological polar surface area (TPSA) is 38.5 Å². The molecule has 1 atom stereocenters. The molecule has 1 unspecified atom stereocenters. The third kappa shape index (κ3) is 3.29. The molecule has 18 heavy (non-hydrogen) atoms. The molecule has 0 saturated heterocycles. The highest BCUT2D eigenvalue weighted by atomic mass is 35.5. The molecule has 0 spiro atoms. The number of ether oxygens (including phenoxy) is 1. The third-order valence-corrected chi connectivity index (χ3v) is 3.56. The first kappa shape index (κ1) is 15.6. The lowest BCUT2D eigenvalue weighted by Gasteiger charge is -2.24.